The van der Waals surface area contributed by atoms with Gasteiger partial charge in [-0.1, -0.05) is 26.0 Å². The quantitative estimate of drug-likeness (QED) is 0.780. The summed E-state index contributed by atoms with van der Waals surface area (Å²) in [5.41, 5.74) is 2.55. The Balaban J connectivity index is 2.72. The van der Waals surface area contributed by atoms with Gasteiger partial charge >= 0.3 is 0 Å². The van der Waals surface area contributed by atoms with E-state index in [0.717, 1.165) is 18.7 Å². The standard InChI is InChI=1S/C16H27NO/c1-6-10-17-14(5)15-8-9-16(12(3)11-15)18-13(4)7-2/h8-9,11,13-14,17H,6-7,10H2,1-5H3. The lowest BCUT2D eigenvalue weighted by Gasteiger charge is -2.18. The highest BCUT2D eigenvalue weighted by Gasteiger charge is 2.08. The average molecular weight is 249 g/mol. The smallest absolute Gasteiger partial charge is 0.122 e. The Morgan fingerprint density at radius 2 is 1.94 bits per heavy atom. The van der Waals surface area contributed by atoms with Gasteiger partial charge in [0.2, 0.25) is 0 Å². The maximum atomic E-state index is 5.89. The van der Waals surface area contributed by atoms with Crippen molar-refractivity contribution in [1.29, 1.82) is 0 Å². The van der Waals surface area contributed by atoms with E-state index in [2.05, 4.69) is 58.1 Å². The molecule has 1 aromatic rings. The Labute approximate surface area is 112 Å². The molecule has 0 aliphatic carbocycles. The van der Waals surface area contributed by atoms with Gasteiger partial charge < -0.3 is 10.1 Å². The highest BCUT2D eigenvalue weighted by molar-refractivity contribution is 5.37. The van der Waals surface area contributed by atoms with Crippen molar-refractivity contribution in [3.8, 4) is 5.75 Å². The molecule has 1 aromatic carbocycles. The van der Waals surface area contributed by atoms with Crippen LogP contribution < -0.4 is 10.1 Å². The van der Waals surface area contributed by atoms with Crippen LogP contribution in [0.15, 0.2) is 18.2 Å². The summed E-state index contributed by atoms with van der Waals surface area (Å²) >= 11 is 0. The Morgan fingerprint density at radius 3 is 2.50 bits per heavy atom. The zero-order valence-electron chi connectivity index (χ0n) is 12.4. The number of nitrogens with one attached hydrogen (secondary N) is 1. The molecule has 2 atom stereocenters. The van der Waals surface area contributed by atoms with Gasteiger partial charge in [-0.05, 0) is 57.4 Å². The normalized spacial score (nSPS) is 14.3. The molecule has 0 bridgehead atoms. The lowest BCUT2D eigenvalue weighted by Crippen LogP contribution is -2.19. The molecule has 0 saturated heterocycles. The average Bonchev–Trinajstić information content (AvgIpc) is 2.38. The van der Waals surface area contributed by atoms with Gasteiger partial charge in [0.1, 0.15) is 5.75 Å². The highest BCUT2D eigenvalue weighted by Crippen LogP contribution is 2.24. The molecular weight excluding hydrogens is 222 g/mol. The molecule has 18 heavy (non-hydrogen) atoms. The fourth-order valence-electron chi connectivity index (χ4n) is 1.85. The van der Waals surface area contributed by atoms with Crippen molar-refractivity contribution in [2.45, 2.75) is 59.6 Å². The molecule has 0 radical (unpaired) electrons. The first-order chi connectivity index (χ1) is 8.58. The van der Waals surface area contributed by atoms with Gasteiger partial charge in [-0.3, -0.25) is 0 Å². The second-order valence-corrected chi connectivity index (χ2v) is 5.04. The van der Waals surface area contributed by atoms with Crippen LogP contribution in [0.4, 0.5) is 0 Å². The van der Waals surface area contributed by atoms with Crippen LogP contribution >= 0.6 is 0 Å². The van der Waals surface area contributed by atoms with E-state index in [1.807, 2.05) is 0 Å². The summed E-state index contributed by atoms with van der Waals surface area (Å²) in [6.07, 6.45) is 2.49. The van der Waals surface area contributed by atoms with Gasteiger partial charge in [0, 0.05) is 6.04 Å². The maximum Gasteiger partial charge on any atom is 0.122 e. The molecule has 0 spiro atoms. The van der Waals surface area contributed by atoms with E-state index in [0.29, 0.717) is 6.04 Å². The molecule has 0 fully saturated rings. The maximum absolute atomic E-state index is 5.89. The number of ether oxygens (including phenoxy) is 1. The summed E-state index contributed by atoms with van der Waals surface area (Å²) in [6.45, 7) is 11.8. The van der Waals surface area contributed by atoms with Crippen molar-refractivity contribution in [2.24, 2.45) is 0 Å². The van der Waals surface area contributed by atoms with E-state index in [1.54, 1.807) is 0 Å². The summed E-state index contributed by atoms with van der Waals surface area (Å²) in [4.78, 5) is 0. The minimum atomic E-state index is 0.283. The topological polar surface area (TPSA) is 21.3 Å². The Kier molecular flexibility index (Phi) is 6.20. The Morgan fingerprint density at radius 1 is 1.22 bits per heavy atom. The van der Waals surface area contributed by atoms with Crippen molar-refractivity contribution in [2.75, 3.05) is 6.54 Å². The van der Waals surface area contributed by atoms with Crippen LogP contribution in [0.5, 0.6) is 5.75 Å². The molecule has 2 nitrogen and oxygen atoms in total. The van der Waals surface area contributed by atoms with E-state index >= 15 is 0 Å². The highest BCUT2D eigenvalue weighted by atomic mass is 16.5. The van der Waals surface area contributed by atoms with E-state index in [1.165, 1.54) is 17.5 Å². The van der Waals surface area contributed by atoms with Gasteiger partial charge in [-0.2, -0.15) is 0 Å². The first kappa shape index (κ1) is 15.0. The molecule has 1 N–H and O–H groups in total. The van der Waals surface area contributed by atoms with Gasteiger partial charge in [0.25, 0.3) is 0 Å². The SMILES string of the molecule is CCCNC(C)c1ccc(OC(C)CC)c(C)c1. The van der Waals surface area contributed by atoms with Crippen molar-refractivity contribution in [3.63, 3.8) is 0 Å². The largest absolute Gasteiger partial charge is 0.490 e. The number of benzene rings is 1. The van der Waals surface area contributed by atoms with Crippen LogP contribution in [0.25, 0.3) is 0 Å². The van der Waals surface area contributed by atoms with Crippen LogP contribution in [0.2, 0.25) is 0 Å². The lowest BCUT2D eigenvalue weighted by atomic mass is 10.0. The lowest BCUT2D eigenvalue weighted by molar-refractivity contribution is 0.216. The number of hydrogen-bond donors (Lipinski definition) is 1. The van der Waals surface area contributed by atoms with Crippen LogP contribution in [0, 0.1) is 6.92 Å². The third kappa shape index (κ3) is 4.34. The second-order valence-electron chi connectivity index (χ2n) is 5.04. The Bertz CT molecular complexity index is 362. The van der Waals surface area contributed by atoms with E-state index in [9.17, 15) is 0 Å². The molecule has 0 aromatic heterocycles. The molecule has 1 rings (SSSR count). The molecule has 0 saturated carbocycles. The van der Waals surface area contributed by atoms with E-state index < -0.39 is 0 Å². The minimum absolute atomic E-state index is 0.283. The summed E-state index contributed by atoms with van der Waals surface area (Å²) in [7, 11) is 0. The fourth-order valence-corrected chi connectivity index (χ4v) is 1.85. The summed E-state index contributed by atoms with van der Waals surface area (Å²) in [5, 5.41) is 3.51. The minimum Gasteiger partial charge on any atom is -0.490 e. The fraction of sp³-hybridized carbons (Fsp3) is 0.625. The number of rotatable bonds is 7. The monoisotopic (exact) mass is 249 g/mol. The molecule has 0 aliphatic heterocycles. The zero-order valence-corrected chi connectivity index (χ0v) is 12.4. The molecule has 2 unspecified atom stereocenters. The molecule has 102 valence electrons. The summed E-state index contributed by atoms with van der Waals surface area (Å²) in [5.74, 6) is 1.01. The second kappa shape index (κ2) is 7.42. The molecule has 0 aliphatic rings. The Hall–Kier alpha value is -1.02. The van der Waals surface area contributed by atoms with Crippen LogP contribution in [0.3, 0.4) is 0 Å². The van der Waals surface area contributed by atoms with E-state index in [-0.39, 0.29) is 6.10 Å². The molecule has 0 heterocycles. The first-order valence-electron chi connectivity index (χ1n) is 7.09. The first-order valence-corrected chi connectivity index (χ1v) is 7.09. The predicted molar refractivity (Wildman–Crippen MR) is 78.3 cm³/mol. The summed E-state index contributed by atoms with van der Waals surface area (Å²) < 4.78 is 5.89. The van der Waals surface area contributed by atoms with Gasteiger partial charge in [0.15, 0.2) is 0 Å². The van der Waals surface area contributed by atoms with Gasteiger partial charge in [-0.25, -0.2) is 0 Å². The number of hydrogen-bond acceptors (Lipinski definition) is 2. The molecule has 2 heteroatoms. The van der Waals surface area contributed by atoms with Crippen LogP contribution in [0.1, 0.15) is 57.7 Å². The summed E-state index contributed by atoms with van der Waals surface area (Å²) in [6, 6.07) is 6.89. The van der Waals surface area contributed by atoms with Crippen molar-refractivity contribution in [1.82, 2.24) is 5.32 Å². The predicted octanol–water partition coefficient (Wildman–Crippen LogP) is 4.23. The van der Waals surface area contributed by atoms with Gasteiger partial charge in [-0.15, -0.1) is 0 Å². The molecular formula is C16H27NO. The third-order valence-corrected chi connectivity index (χ3v) is 3.30. The van der Waals surface area contributed by atoms with Crippen molar-refractivity contribution < 1.29 is 4.74 Å². The van der Waals surface area contributed by atoms with E-state index in [4.69, 9.17) is 4.74 Å². The molecule has 0 amide bonds. The van der Waals surface area contributed by atoms with Crippen molar-refractivity contribution >= 4 is 0 Å². The number of aryl methyl sites for hydroxylation is 1. The van der Waals surface area contributed by atoms with Crippen molar-refractivity contribution in [3.05, 3.63) is 29.3 Å². The van der Waals surface area contributed by atoms with Crippen LogP contribution in [-0.2, 0) is 0 Å². The van der Waals surface area contributed by atoms with Gasteiger partial charge in [0.05, 0.1) is 6.10 Å². The zero-order chi connectivity index (χ0) is 13.5. The third-order valence-electron chi connectivity index (χ3n) is 3.30. The van der Waals surface area contributed by atoms with Crippen LogP contribution in [-0.4, -0.2) is 12.6 Å².